The molecular formula is C24H18N4O2S2. The molecule has 1 amide bonds. The first kappa shape index (κ1) is 21.4. The molecule has 0 atom stereocenters. The number of nitrogens with zero attached hydrogens (tertiary/aromatic N) is 4. The topological polar surface area (TPSA) is 79.1 Å². The number of carbonyl (C=O) groups is 1. The van der Waals surface area contributed by atoms with Crippen LogP contribution < -0.4 is 9.64 Å². The van der Waals surface area contributed by atoms with Crippen LogP contribution in [0.15, 0.2) is 65.4 Å². The van der Waals surface area contributed by atoms with Gasteiger partial charge in [0.1, 0.15) is 16.8 Å². The van der Waals surface area contributed by atoms with Gasteiger partial charge in [-0.25, -0.2) is 9.97 Å². The lowest BCUT2D eigenvalue weighted by Crippen LogP contribution is -2.22. The number of hydrogen-bond donors (Lipinski definition) is 0. The number of allylic oxidation sites excluding steroid dienone is 1. The summed E-state index contributed by atoms with van der Waals surface area (Å²) < 4.78 is 5.19. The van der Waals surface area contributed by atoms with Gasteiger partial charge < -0.3 is 4.74 Å². The van der Waals surface area contributed by atoms with Crippen LogP contribution in [-0.4, -0.2) is 23.0 Å². The molecule has 0 aliphatic rings. The molecule has 4 aromatic rings. The molecule has 0 spiro atoms. The Balaban J connectivity index is 1.62. The monoisotopic (exact) mass is 458 g/mol. The van der Waals surface area contributed by atoms with Gasteiger partial charge in [-0.3, -0.25) is 9.69 Å². The Hall–Kier alpha value is -3.80. The summed E-state index contributed by atoms with van der Waals surface area (Å²) in [6.45, 7) is 1.49. The van der Waals surface area contributed by atoms with E-state index in [9.17, 15) is 10.1 Å². The summed E-state index contributed by atoms with van der Waals surface area (Å²) in [6.07, 6.45) is 1.69. The third kappa shape index (κ3) is 4.59. The van der Waals surface area contributed by atoms with Crippen molar-refractivity contribution in [1.29, 1.82) is 5.26 Å². The van der Waals surface area contributed by atoms with Crippen LogP contribution in [-0.2, 0) is 4.79 Å². The van der Waals surface area contributed by atoms with Gasteiger partial charge in [-0.05, 0) is 30.3 Å². The molecule has 158 valence electrons. The minimum absolute atomic E-state index is 0.159. The predicted octanol–water partition coefficient (Wildman–Crippen LogP) is 6.02. The predicted molar refractivity (Wildman–Crippen MR) is 129 cm³/mol. The van der Waals surface area contributed by atoms with E-state index in [0.717, 1.165) is 11.3 Å². The van der Waals surface area contributed by atoms with Crippen LogP contribution in [0.4, 0.5) is 10.8 Å². The zero-order chi connectivity index (χ0) is 22.5. The summed E-state index contributed by atoms with van der Waals surface area (Å²) in [5.41, 5.74) is 3.54. The minimum Gasteiger partial charge on any atom is -0.497 e. The number of hydrogen-bond acceptors (Lipinski definition) is 7. The Bertz CT molecular complexity index is 1300. The van der Waals surface area contributed by atoms with E-state index in [2.05, 4.69) is 16.0 Å². The first-order valence-electron chi connectivity index (χ1n) is 9.62. The standard InChI is InChI=1S/C24H18N4O2S2/c1-16(29)28(20-8-10-21(30-2)11-9-20)24-26-19(14-32-24)12-18(13-25)23-27-22(15-31-23)17-6-4-3-5-7-17/h3-12,14-15H,1-2H3/b18-12+. The average molecular weight is 459 g/mol. The number of amides is 1. The zero-order valence-corrected chi connectivity index (χ0v) is 19.0. The lowest BCUT2D eigenvalue weighted by Gasteiger charge is -2.18. The SMILES string of the molecule is COc1ccc(N(C(C)=O)c2nc(/C=C(\C#N)c3nc(-c4ccccc4)cs3)cs2)cc1. The summed E-state index contributed by atoms with van der Waals surface area (Å²) in [6, 6.07) is 19.2. The maximum Gasteiger partial charge on any atom is 0.230 e. The Morgan fingerprint density at radius 3 is 2.47 bits per heavy atom. The van der Waals surface area contributed by atoms with E-state index in [4.69, 9.17) is 4.74 Å². The van der Waals surface area contributed by atoms with Crippen LogP contribution in [0.25, 0.3) is 22.9 Å². The zero-order valence-electron chi connectivity index (χ0n) is 17.4. The number of ether oxygens (including phenoxy) is 1. The van der Waals surface area contributed by atoms with Gasteiger partial charge in [0.15, 0.2) is 5.13 Å². The summed E-state index contributed by atoms with van der Waals surface area (Å²) >= 11 is 2.74. The van der Waals surface area contributed by atoms with Gasteiger partial charge in [0.25, 0.3) is 0 Å². The van der Waals surface area contributed by atoms with Crippen molar-refractivity contribution in [2.24, 2.45) is 0 Å². The van der Waals surface area contributed by atoms with Gasteiger partial charge in [-0.15, -0.1) is 22.7 Å². The number of nitriles is 1. The third-order valence-electron chi connectivity index (χ3n) is 4.56. The second-order valence-electron chi connectivity index (χ2n) is 6.68. The molecule has 2 heterocycles. The second-order valence-corrected chi connectivity index (χ2v) is 8.38. The molecular weight excluding hydrogens is 440 g/mol. The molecule has 0 bridgehead atoms. The number of thiazole rings is 2. The van der Waals surface area contributed by atoms with Gasteiger partial charge in [0, 0.05) is 23.2 Å². The van der Waals surface area contributed by atoms with Crippen LogP contribution in [0.2, 0.25) is 0 Å². The molecule has 0 unspecified atom stereocenters. The number of rotatable bonds is 6. The quantitative estimate of drug-likeness (QED) is 0.330. The Kier molecular flexibility index (Phi) is 6.40. The summed E-state index contributed by atoms with van der Waals surface area (Å²) in [4.78, 5) is 23.0. The second kappa shape index (κ2) is 9.56. The number of anilines is 2. The fraction of sp³-hybridized carbons (Fsp3) is 0.0833. The smallest absolute Gasteiger partial charge is 0.230 e. The molecule has 0 saturated heterocycles. The number of carbonyl (C=O) groups excluding carboxylic acids is 1. The van der Waals surface area contributed by atoms with Crippen LogP contribution in [0.1, 0.15) is 17.6 Å². The highest BCUT2D eigenvalue weighted by atomic mass is 32.1. The Morgan fingerprint density at radius 2 is 1.81 bits per heavy atom. The maximum absolute atomic E-state index is 12.3. The molecule has 0 N–H and O–H groups in total. The van der Waals surface area contributed by atoms with E-state index in [1.54, 1.807) is 37.5 Å². The van der Waals surface area contributed by atoms with Crippen LogP contribution in [0, 0.1) is 11.3 Å². The molecule has 0 saturated carbocycles. The molecule has 8 heteroatoms. The van der Waals surface area contributed by atoms with Crippen LogP contribution >= 0.6 is 22.7 Å². The van der Waals surface area contributed by atoms with Gasteiger partial charge >= 0.3 is 0 Å². The molecule has 4 rings (SSSR count). The van der Waals surface area contributed by atoms with Crippen LogP contribution in [0.3, 0.4) is 0 Å². The normalized spacial score (nSPS) is 11.1. The van der Waals surface area contributed by atoms with Crippen molar-refractivity contribution >= 4 is 51.0 Å². The number of methoxy groups -OCH3 is 1. The van der Waals surface area contributed by atoms with Gasteiger partial charge in [0.2, 0.25) is 5.91 Å². The van der Waals surface area contributed by atoms with E-state index < -0.39 is 0 Å². The fourth-order valence-electron chi connectivity index (χ4n) is 3.03. The van der Waals surface area contributed by atoms with Crippen molar-refractivity contribution in [2.45, 2.75) is 6.92 Å². The summed E-state index contributed by atoms with van der Waals surface area (Å²) in [5, 5.41) is 14.6. The maximum atomic E-state index is 12.3. The molecule has 6 nitrogen and oxygen atoms in total. The largest absolute Gasteiger partial charge is 0.497 e. The highest BCUT2D eigenvalue weighted by Crippen LogP contribution is 2.32. The Morgan fingerprint density at radius 1 is 1.06 bits per heavy atom. The molecule has 32 heavy (non-hydrogen) atoms. The van der Waals surface area contributed by atoms with Gasteiger partial charge in [0.05, 0.1) is 29.8 Å². The highest BCUT2D eigenvalue weighted by molar-refractivity contribution is 7.14. The van der Waals surface area contributed by atoms with Crippen molar-refractivity contribution in [3.8, 4) is 23.1 Å². The van der Waals surface area contributed by atoms with E-state index in [0.29, 0.717) is 32.8 Å². The molecule has 2 aromatic carbocycles. The molecule has 0 aliphatic heterocycles. The van der Waals surface area contributed by atoms with E-state index >= 15 is 0 Å². The minimum atomic E-state index is -0.159. The van der Waals surface area contributed by atoms with Crippen molar-refractivity contribution in [2.75, 3.05) is 12.0 Å². The third-order valence-corrected chi connectivity index (χ3v) is 6.28. The number of aromatic nitrogens is 2. The van der Waals surface area contributed by atoms with Gasteiger partial charge in [-0.1, -0.05) is 30.3 Å². The summed E-state index contributed by atoms with van der Waals surface area (Å²) in [7, 11) is 1.59. The fourth-order valence-corrected chi connectivity index (χ4v) is 4.67. The first-order valence-corrected chi connectivity index (χ1v) is 11.4. The van der Waals surface area contributed by atoms with Crippen molar-refractivity contribution in [3.63, 3.8) is 0 Å². The molecule has 0 radical (unpaired) electrons. The van der Waals surface area contributed by atoms with Crippen LogP contribution in [0.5, 0.6) is 5.75 Å². The van der Waals surface area contributed by atoms with Crippen molar-refractivity contribution < 1.29 is 9.53 Å². The van der Waals surface area contributed by atoms with Crippen molar-refractivity contribution in [1.82, 2.24) is 9.97 Å². The lowest BCUT2D eigenvalue weighted by atomic mass is 10.2. The van der Waals surface area contributed by atoms with E-state index in [-0.39, 0.29) is 5.91 Å². The first-order chi connectivity index (χ1) is 15.6. The molecule has 0 fully saturated rings. The average Bonchev–Trinajstić information content (AvgIpc) is 3.49. The van der Waals surface area contributed by atoms with E-state index in [1.165, 1.54) is 34.5 Å². The Labute approximate surface area is 193 Å². The number of benzene rings is 2. The highest BCUT2D eigenvalue weighted by Gasteiger charge is 2.18. The van der Waals surface area contributed by atoms with Gasteiger partial charge in [-0.2, -0.15) is 5.26 Å². The lowest BCUT2D eigenvalue weighted by molar-refractivity contribution is -0.115. The van der Waals surface area contributed by atoms with Crippen molar-refractivity contribution in [3.05, 3.63) is 76.1 Å². The summed E-state index contributed by atoms with van der Waals surface area (Å²) in [5.74, 6) is 0.546. The van der Waals surface area contributed by atoms with E-state index in [1.807, 2.05) is 41.1 Å². The molecule has 2 aromatic heterocycles. The molecule has 0 aliphatic carbocycles.